The van der Waals surface area contributed by atoms with E-state index in [0.717, 1.165) is 23.4 Å². The highest BCUT2D eigenvalue weighted by Crippen LogP contribution is 2.29. The van der Waals surface area contributed by atoms with Crippen LogP contribution >= 0.6 is 0 Å². The average molecular weight is 280 g/mol. The largest absolute Gasteiger partial charge is 0.398 e. The van der Waals surface area contributed by atoms with E-state index in [9.17, 15) is 5.11 Å². The minimum absolute atomic E-state index is 0.402. The molecule has 1 atom stereocenters. The number of rotatable bonds is 6. The van der Waals surface area contributed by atoms with Crippen LogP contribution < -0.4 is 11.2 Å². The van der Waals surface area contributed by atoms with Crippen molar-refractivity contribution in [2.75, 3.05) is 11.2 Å². The van der Waals surface area contributed by atoms with Crippen LogP contribution in [0, 0.1) is 0 Å². The molecule has 0 aliphatic heterocycles. The van der Waals surface area contributed by atoms with E-state index < -0.39 is 11.2 Å². The molecule has 4 nitrogen and oxygen atoms in total. The Hall–Kier alpha value is -1.26. The van der Waals surface area contributed by atoms with Crippen LogP contribution in [0.3, 0.4) is 0 Å². The second kappa shape index (κ2) is 6.02. The average Bonchev–Trinajstić information content (AvgIpc) is 2.35. The Morgan fingerprint density at radius 1 is 1.30 bits per heavy atom. The summed E-state index contributed by atoms with van der Waals surface area (Å²) >= 11 is 0. The number of hydrogen-bond acceptors (Lipinski definition) is 4. The summed E-state index contributed by atoms with van der Waals surface area (Å²) in [7, 11) is 0. The second-order valence-corrected chi connectivity index (χ2v) is 6.43. The SMILES string of the molecule is CCC(C)c1cc(NOC(C)(C)C(C)(C)O)ccc1N. The molecule has 0 amide bonds. The fourth-order valence-corrected chi connectivity index (χ4v) is 1.60. The maximum Gasteiger partial charge on any atom is 0.118 e. The molecule has 0 spiro atoms. The summed E-state index contributed by atoms with van der Waals surface area (Å²) in [5.41, 5.74) is 10.0. The lowest BCUT2D eigenvalue weighted by atomic mass is 9.90. The van der Waals surface area contributed by atoms with Gasteiger partial charge in [-0.1, -0.05) is 13.8 Å². The third-order valence-electron chi connectivity index (χ3n) is 4.13. The Bertz CT molecular complexity index is 450. The van der Waals surface area contributed by atoms with Gasteiger partial charge in [0.2, 0.25) is 0 Å². The van der Waals surface area contributed by atoms with Crippen molar-refractivity contribution in [1.82, 2.24) is 0 Å². The topological polar surface area (TPSA) is 67.5 Å². The molecule has 0 heterocycles. The monoisotopic (exact) mass is 280 g/mol. The first-order chi connectivity index (χ1) is 9.08. The number of nitrogen functional groups attached to an aromatic ring is 1. The van der Waals surface area contributed by atoms with Gasteiger partial charge in [-0.3, -0.25) is 10.3 Å². The number of nitrogens with two attached hydrogens (primary N) is 1. The fraction of sp³-hybridized carbons (Fsp3) is 0.625. The molecular weight excluding hydrogens is 252 g/mol. The molecule has 0 saturated heterocycles. The Morgan fingerprint density at radius 3 is 2.40 bits per heavy atom. The van der Waals surface area contributed by atoms with E-state index in [1.165, 1.54) is 0 Å². The maximum absolute atomic E-state index is 10.1. The van der Waals surface area contributed by atoms with Crippen LogP contribution in [0.15, 0.2) is 18.2 Å². The minimum atomic E-state index is -0.951. The third-order valence-corrected chi connectivity index (χ3v) is 4.13. The highest BCUT2D eigenvalue weighted by molar-refractivity contribution is 5.57. The van der Waals surface area contributed by atoms with Crippen molar-refractivity contribution < 1.29 is 9.94 Å². The van der Waals surface area contributed by atoms with Crippen molar-refractivity contribution in [3.8, 4) is 0 Å². The Labute approximate surface area is 122 Å². The first-order valence-corrected chi connectivity index (χ1v) is 7.14. The quantitative estimate of drug-likeness (QED) is 0.549. The molecule has 0 radical (unpaired) electrons. The number of aliphatic hydroxyl groups is 1. The zero-order chi connectivity index (χ0) is 15.6. The van der Waals surface area contributed by atoms with Crippen molar-refractivity contribution in [1.29, 1.82) is 0 Å². The van der Waals surface area contributed by atoms with Gasteiger partial charge in [-0.25, -0.2) is 0 Å². The summed E-state index contributed by atoms with van der Waals surface area (Å²) in [6.07, 6.45) is 1.03. The van der Waals surface area contributed by atoms with Crippen LogP contribution in [0.4, 0.5) is 11.4 Å². The zero-order valence-corrected chi connectivity index (χ0v) is 13.4. The van der Waals surface area contributed by atoms with Crippen LogP contribution in [-0.4, -0.2) is 16.3 Å². The molecule has 1 rings (SSSR count). The van der Waals surface area contributed by atoms with E-state index in [1.807, 2.05) is 32.0 Å². The van der Waals surface area contributed by atoms with Gasteiger partial charge in [0.15, 0.2) is 0 Å². The van der Waals surface area contributed by atoms with Gasteiger partial charge in [-0.2, -0.15) is 0 Å². The molecule has 4 N–H and O–H groups in total. The van der Waals surface area contributed by atoms with E-state index >= 15 is 0 Å². The van der Waals surface area contributed by atoms with Crippen molar-refractivity contribution in [3.05, 3.63) is 23.8 Å². The van der Waals surface area contributed by atoms with E-state index in [-0.39, 0.29) is 0 Å². The van der Waals surface area contributed by atoms with E-state index in [1.54, 1.807) is 13.8 Å². The molecule has 20 heavy (non-hydrogen) atoms. The molecule has 0 bridgehead atoms. The van der Waals surface area contributed by atoms with Crippen LogP contribution in [0.1, 0.15) is 59.4 Å². The molecule has 0 fully saturated rings. The summed E-state index contributed by atoms with van der Waals surface area (Å²) in [6, 6.07) is 5.76. The maximum atomic E-state index is 10.1. The lowest BCUT2D eigenvalue weighted by Gasteiger charge is -2.36. The van der Waals surface area contributed by atoms with Gasteiger partial charge in [0.25, 0.3) is 0 Å². The van der Waals surface area contributed by atoms with Crippen LogP contribution in [0.25, 0.3) is 0 Å². The van der Waals surface area contributed by atoms with Gasteiger partial charge < -0.3 is 10.8 Å². The van der Waals surface area contributed by atoms with Gasteiger partial charge in [-0.15, -0.1) is 0 Å². The van der Waals surface area contributed by atoms with E-state index in [2.05, 4.69) is 19.3 Å². The number of nitrogens with one attached hydrogen (secondary N) is 1. The lowest BCUT2D eigenvalue weighted by Crippen LogP contribution is -2.48. The zero-order valence-electron chi connectivity index (χ0n) is 13.4. The predicted molar refractivity (Wildman–Crippen MR) is 84.6 cm³/mol. The first kappa shape index (κ1) is 16.8. The fourth-order valence-electron chi connectivity index (χ4n) is 1.60. The van der Waals surface area contributed by atoms with Gasteiger partial charge in [0, 0.05) is 5.69 Å². The molecule has 0 saturated carbocycles. The first-order valence-electron chi connectivity index (χ1n) is 7.14. The standard InChI is InChI=1S/C16H28N2O2/c1-7-11(2)13-10-12(8-9-14(13)17)18-20-16(5,6)15(3,4)19/h8-11,18-19H,7,17H2,1-6H3. The van der Waals surface area contributed by atoms with Crippen molar-refractivity contribution in [3.63, 3.8) is 0 Å². The summed E-state index contributed by atoms with van der Waals surface area (Å²) in [5.74, 6) is 0.402. The van der Waals surface area contributed by atoms with Crippen LogP contribution in [0.2, 0.25) is 0 Å². The summed E-state index contributed by atoms with van der Waals surface area (Å²) in [4.78, 5) is 5.65. The molecule has 4 heteroatoms. The molecule has 0 aliphatic carbocycles. The van der Waals surface area contributed by atoms with Crippen molar-refractivity contribution in [2.24, 2.45) is 0 Å². The molecule has 0 aliphatic rings. The lowest BCUT2D eigenvalue weighted by molar-refractivity contribution is -0.130. The van der Waals surface area contributed by atoms with Gasteiger partial charge >= 0.3 is 0 Å². The van der Waals surface area contributed by atoms with E-state index in [0.29, 0.717) is 5.92 Å². The number of hydrogen-bond donors (Lipinski definition) is 3. The van der Waals surface area contributed by atoms with Crippen molar-refractivity contribution in [2.45, 2.75) is 65.1 Å². The highest BCUT2D eigenvalue weighted by Gasteiger charge is 2.37. The Morgan fingerprint density at radius 2 is 1.90 bits per heavy atom. The van der Waals surface area contributed by atoms with Crippen LogP contribution in [0.5, 0.6) is 0 Å². The minimum Gasteiger partial charge on any atom is -0.398 e. The highest BCUT2D eigenvalue weighted by atomic mass is 16.7. The summed E-state index contributed by atoms with van der Waals surface area (Å²) in [6.45, 7) is 11.4. The van der Waals surface area contributed by atoms with Crippen molar-refractivity contribution >= 4 is 11.4 Å². The summed E-state index contributed by atoms with van der Waals surface area (Å²) < 4.78 is 0. The smallest absolute Gasteiger partial charge is 0.118 e. The van der Waals surface area contributed by atoms with Gasteiger partial charge in [0.05, 0.1) is 11.3 Å². The second-order valence-electron chi connectivity index (χ2n) is 6.43. The molecule has 1 unspecified atom stereocenters. The summed E-state index contributed by atoms with van der Waals surface area (Å²) in [5, 5.41) is 10.1. The predicted octanol–water partition coefficient (Wildman–Crippen LogP) is 3.68. The van der Waals surface area contributed by atoms with Gasteiger partial charge in [-0.05, 0) is 63.8 Å². The molecular formula is C16H28N2O2. The van der Waals surface area contributed by atoms with E-state index in [4.69, 9.17) is 10.6 Å². The molecule has 1 aromatic rings. The number of benzene rings is 1. The number of anilines is 2. The Kier molecular flexibility index (Phi) is 5.05. The molecule has 114 valence electrons. The van der Waals surface area contributed by atoms with Gasteiger partial charge in [0.1, 0.15) is 5.60 Å². The third kappa shape index (κ3) is 3.87. The molecule has 1 aromatic carbocycles. The van der Waals surface area contributed by atoms with Crippen LogP contribution in [-0.2, 0) is 4.84 Å². The normalized spacial score (nSPS) is 14.2. The molecule has 0 aromatic heterocycles. The Balaban J connectivity index is 2.85.